The van der Waals surface area contributed by atoms with Crippen LogP contribution in [0.25, 0.3) is 0 Å². The van der Waals surface area contributed by atoms with E-state index in [0.717, 1.165) is 38.9 Å². The summed E-state index contributed by atoms with van der Waals surface area (Å²) in [5.41, 5.74) is 0. The van der Waals surface area contributed by atoms with E-state index < -0.39 is 5.97 Å². The van der Waals surface area contributed by atoms with Crippen LogP contribution in [0.3, 0.4) is 0 Å². The van der Waals surface area contributed by atoms with Crippen molar-refractivity contribution in [3.8, 4) is 0 Å². The second-order valence-electron chi connectivity index (χ2n) is 5.14. The Balaban J connectivity index is 2.10. The SMILES string of the molecule is CN(C)C(=O)CCCN1CCC(OCC(=O)O)CC1. The van der Waals surface area contributed by atoms with Crippen LogP contribution < -0.4 is 0 Å². The lowest BCUT2D eigenvalue weighted by molar-refractivity contribution is -0.145. The van der Waals surface area contributed by atoms with Gasteiger partial charge < -0.3 is 19.6 Å². The van der Waals surface area contributed by atoms with Crippen LogP contribution >= 0.6 is 0 Å². The van der Waals surface area contributed by atoms with E-state index in [0.29, 0.717) is 6.42 Å². The first-order valence-corrected chi connectivity index (χ1v) is 6.75. The lowest BCUT2D eigenvalue weighted by Gasteiger charge is -2.31. The van der Waals surface area contributed by atoms with Gasteiger partial charge in [0.1, 0.15) is 6.61 Å². The second kappa shape index (κ2) is 8.12. The summed E-state index contributed by atoms with van der Waals surface area (Å²) in [6.45, 7) is 2.55. The van der Waals surface area contributed by atoms with E-state index in [-0.39, 0.29) is 18.6 Å². The molecule has 1 aliphatic heterocycles. The summed E-state index contributed by atoms with van der Waals surface area (Å²) in [6.07, 6.45) is 3.26. The molecule has 1 rings (SSSR count). The highest BCUT2D eigenvalue weighted by molar-refractivity contribution is 5.75. The number of carboxylic acid groups (broad SMARTS) is 1. The molecule has 1 fully saturated rings. The van der Waals surface area contributed by atoms with Crippen molar-refractivity contribution in [2.24, 2.45) is 0 Å². The summed E-state index contributed by atoms with van der Waals surface area (Å²) < 4.78 is 5.28. The number of aliphatic carboxylic acids is 1. The van der Waals surface area contributed by atoms with Crippen molar-refractivity contribution in [1.29, 1.82) is 0 Å². The number of nitrogens with zero attached hydrogens (tertiary/aromatic N) is 2. The quantitative estimate of drug-likeness (QED) is 0.727. The predicted octanol–water partition coefficient (Wildman–Crippen LogP) is 0.420. The first kappa shape index (κ1) is 15.9. The van der Waals surface area contributed by atoms with Gasteiger partial charge in [-0.05, 0) is 25.8 Å². The molecule has 0 unspecified atom stereocenters. The van der Waals surface area contributed by atoms with Gasteiger partial charge >= 0.3 is 5.97 Å². The van der Waals surface area contributed by atoms with Crippen molar-refractivity contribution in [3.63, 3.8) is 0 Å². The van der Waals surface area contributed by atoms with Crippen molar-refractivity contribution in [1.82, 2.24) is 9.80 Å². The second-order valence-corrected chi connectivity index (χ2v) is 5.14. The zero-order valence-corrected chi connectivity index (χ0v) is 11.8. The molecule has 0 spiro atoms. The molecule has 19 heavy (non-hydrogen) atoms. The lowest BCUT2D eigenvalue weighted by atomic mass is 10.1. The number of hydrogen-bond acceptors (Lipinski definition) is 4. The minimum Gasteiger partial charge on any atom is -0.480 e. The van der Waals surface area contributed by atoms with Crippen LogP contribution in [0, 0.1) is 0 Å². The zero-order valence-electron chi connectivity index (χ0n) is 11.8. The molecule has 0 aliphatic carbocycles. The smallest absolute Gasteiger partial charge is 0.329 e. The molecule has 0 bridgehead atoms. The van der Waals surface area contributed by atoms with Gasteiger partial charge in [0.2, 0.25) is 5.91 Å². The lowest BCUT2D eigenvalue weighted by Crippen LogP contribution is -2.38. The standard InChI is InChI=1S/C13H24N2O4/c1-14(2)12(16)4-3-7-15-8-5-11(6-9-15)19-10-13(17)18/h11H,3-10H2,1-2H3,(H,17,18). The molecule has 0 aromatic heterocycles. The average Bonchev–Trinajstić information content (AvgIpc) is 2.37. The van der Waals surface area contributed by atoms with Crippen LogP contribution in [-0.2, 0) is 14.3 Å². The van der Waals surface area contributed by atoms with Gasteiger partial charge in [0.05, 0.1) is 6.10 Å². The van der Waals surface area contributed by atoms with Gasteiger partial charge in [-0.15, -0.1) is 0 Å². The van der Waals surface area contributed by atoms with Crippen LogP contribution in [-0.4, -0.2) is 73.2 Å². The molecule has 1 heterocycles. The van der Waals surface area contributed by atoms with Crippen molar-refractivity contribution in [2.45, 2.75) is 31.8 Å². The highest BCUT2D eigenvalue weighted by Crippen LogP contribution is 2.14. The van der Waals surface area contributed by atoms with Gasteiger partial charge in [0, 0.05) is 33.6 Å². The summed E-state index contributed by atoms with van der Waals surface area (Å²) in [4.78, 5) is 25.7. The van der Waals surface area contributed by atoms with Gasteiger partial charge in [-0.3, -0.25) is 4.79 Å². The van der Waals surface area contributed by atoms with E-state index in [1.54, 1.807) is 19.0 Å². The van der Waals surface area contributed by atoms with E-state index >= 15 is 0 Å². The van der Waals surface area contributed by atoms with E-state index in [1.807, 2.05) is 0 Å². The largest absolute Gasteiger partial charge is 0.480 e. The summed E-state index contributed by atoms with van der Waals surface area (Å²) in [5, 5.41) is 8.54. The minimum atomic E-state index is -0.912. The van der Waals surface area contributed by atoms with E-state index in [4.69, 9.17) is 9.84 Å². The predicted molar refractivity (Wildman–Crippen MR) is 71.0 cm³/mol. The van der Waals surface area contributed by atoms with Crippen LogP contribution in [0.1, 0.15) is 25.7 Å². The molecule has 0 aromatic rings. The number of carbonyl (C=O) groups is 2. The Labute approximate surface area is 114 Å². The highest BCUT2D eigenvalue weighted by Gasteiger charge is 2.20. The molecule has 1 aliphatic rings. The number of amides is 1. The molecule has 0 saturated carbocycles. The normalized spacial score (nSPS) is 17.4. The zero-order chi connectivity index (χ0) is 14.3. The molecular weight excluding hydrogens is 248 g/mol. The summed E-state index contributed by atoms with van der Waals surface area (Å²) in [5.74, 6) is -0.746. The van der Waals surface area contributed by atoms with E-state index in [2.05, 4.69) is 4.90 Å². The third-order valence-electron chi connectivity index (χ3n) is 3.34. The van der Waals surface area contributed by atoms with Gasteiger partial charge in [0.25, 0.3) is 0 Å². The number of rotatable bonds is 7. The van der Waals surface area contributed by atoms with Crippen molar-refractivity contribution >= 4 is 11.9 Å². The third kappa shape index (κ3) is 6.54. The Morgan fingerprint density at radius 1 is 1.32 bits per heavy atom. The number of ether oxygens (including phenoxy) is 1. The minimum absolute atomic E-state index is 0.0655. The van der Waals surface area contributed by atoms with Gasteiger partial charge in [0.15, 0.2) is 0 Å². The fraction of sp³-hybridized carbons (Fsp3) is 0.846. The van der Waals surface area contributed by atoms with Crippen molar-refractivity contribution < 1.29 is 19.4 Å². The Kier molecular flexibility index (Phi) is 6.80. The first-order valence-electron chi connectivity index (χ1n) is 6.75. The fourth-order valence-corrected chi connectivity index (χ4v) is 2.17. The average molecular weight is 272 g/mol. The topological polar surface area (TPSA) is 70.1 Å². The van der Waals surface area contributed by atoms with E-state index in [1.165, 1.54) is 0 Å². The number of piperidine rings is 1. The highest BCUT2D eigenvalue weighted by atomic mass is 16.5. The van der Waals surface area contributed by atoms with Crippen LogP contribution in [0.2, 0.25) is 0 Å². The molecule has 110 valence electrons. The summed E-state index contributed by atoms with van der Waals surface area (Å²) in [6, 6.07) is 0. The van der Waals surface area contributed by atoms with Crippen LogP contribution in [0.15, 0.2) is 0 Å². The molecule has 0 aromatic carbocycles. The molecule has 0 radical (unpaired) electrons. The molecule has 1 saturated heterocycles. The van der Waals surface area contributed by atoms with Gasteiger partial charge in [-0.2, -0.15) is 0 Å². The molecule has 6 nitrogen and oxygen atoms in total. The van der Waals surface area contributed by atoms with Gasteiger partial charge in [-0.1, -0.05) is 0 Å². The Hall–Kier alpha value is -1.14. The fourth-order valence-electron chi connectivity index (χ4n) is 2.17. The number of carbonyl (C=O) groups excluding carboxylic acids is 1. The number of carboxylic acids is 1. The van der Waals surface area contributed by atoms with Crippen LogP contribution in [0.4, 0.5) is 0 Å². The Morgan fingerprint density at radius 2 is 1.95 bits per heavy atom. The Morgan fingerprint density at radius 3 is 2.47 bits per heavy atom. The summed E-state index contributed by atoms with van der Waals surface area (Å²) in [7, 11) is 3.54. The maximum atomic E-state index is 11.4. The molecule has 1 N–H and O–H groups in total. The molecular formula is C13H24N2O4. The van der Waals surface area contributed by atoms with Crippen molar-refractivity contribution in [2.75, 3.05) is 40.3 Å². The monoisotopic (exact) mass is 272 g/mol. The maximum Gasteiger partial charge on any atom is 0.329 e. The third-order valence-corrected chi connectivity index (χ3v) is 3.34. The van der Waals surface area contributed by atoms with Gasteiger partial charge in [-0.25, -0.2) is 4.79 Å². The number of hydrogen-bond donors (Lipinski definition) is 1. The summed E-state index contributed by atoms with van der Waals surface area (Å²) >= 11 is 0. The number of likely N-dealkylation sites (tertiary alicyclic amines) is 1. The van der Waals surface area contributed by atoms with E-state index in [9.17, 15) is 9.59 Å². The molecule has 6 heteroatoms. The molecule has 0 atom stereocenters. The Bertz CT molecular complexity index is 299. The van der Waals surface area contributed by atoms with Crippen LogP contribution in [0.5, 0.6) is 0 Å². The first-order chi connectivity index (χ1) is 8.99. The maximum absolute atomic E-state index is 11.4. The van der Waals surface area contributed by atoms with Crippen molar-refractivity contribution in [3.05, 3.63) is 0 Å². The molecule has 1 amide bonds.